The monoisotopic (exact) mass is 271 g/mol. The maximum absolute atomic E-state index is 11.7. The average Bonchev–Trinajstić information content (AvgIpc) is 2.59. The van der Waals surface area contributed by atoms with Crippen LogP contribution in [0.3, 0.4) is 0 Å². The van der Waals surface area contributed by atoms with Crippen LogP contribution >= 0.6 is 11.6 Å². The van der Waals surface area contributed by atoms with Crippen molar-refractivity contribution < 1.29 is 8.97 Å². The van der Waals surface area contributed by atoms with Crippen LogP contribution in [-0.4, -0.2) is 15.8 Å². The van der Waals surface area contributed by atoms with Crippen LogP contribution in [0.5, 0.6) is 0 Å². The molecule has 1 aromatic carbocycles. The minimum atomic E-state index is -1.19. The van der Waals surface area contributed by atoms with Crippen molar-refractivity contribution in [2.75, 3.05) is 6.26 Å². The third kappa shape index (κ3) is 2.30. The molecule has 0 bridgehead atoms. The molecule has 1 unspecified atom stereocenters. The maximum atomic E-state index is 11.7. The van der Waals surface area contributed by atoms with E-state index in [0.29, 0.717) is 26.9 Å². The van der Waals surface area contributed by atoms with Crippen LogP contribution in [-0.2, 0) is 16.6 Å². The van der Waals surface area contributed by atoms with Gasteiger partial charge in [-0.1, -0.05) is 32.4 Å². The molecule has 0 saturated heterocycles. The van der Waals surface area contributed by atoms with Crippen LogP contribution in [0, 0.1) is 0 Å². The largest absolute Gasteiger partial charge is 0.612 e. The van der Waals surface area contributed by atoms with E-state index in [2.05, 4.69) is 4.98 Å². The molecule has 2 aromatic rings. The summed E-state index contributed by atoms with van der Waals surface area (Å²) in [6, 6.07) is 3.49. The van der Waals surface area contributed by atoms with E-state index in [1.807, 2.05) is 20.8 Å². The van der Waals surface area contributed by atoms with Gasteiger partial charge in [-0.05, 0) is 23.3 Å². The van der Waals surface area contributed by atoms with E-state index < -0.39 is 11.2 Å². The van der Waals surface area contributed by atoms with Gasteiger partial charge in [-0.2, -0.15) is 0 Å². The summed E-state index contributed by atoms with van der Waals surface area (Å²) in [5, 5.41) is 0.454. The van der Waals surface area contributed by atoms with Gasteiger partial charge in [0, 0.05) is 5.41 Å². The first-order chi connectivity index (χ1) is 7.80. The third-order valence-corrected chi connectivity index (χ3v) is 3.80. The molecule has 1 heterocycles. The molecule has 1 atom stereocenters. The Morgan fingerprint density at radius 3 is 2.53 bits per heavy atom. The highest BCUT2D eigenvalue weighted by Gasteiger charge is 2.25. The van der Waals surface area contributed by atoms with Crippen molar-refractivity contribution in [1.29, 1.82) is 0 Å². The van der Waals surface area contributed by atoms with Gasteiger partial charge in [0.25, 0.3) is 0 Å². The van der Waals surface area contributed by atoms with Crippen molar-refractivity contribution in [2.24, 2.45) is 0 Å². The number of fused-ring (bicyclic) bond motifs is 1. The summed E-state index contributed by atoms with van der Waals surface area (Å²) in [5.74, 6) is 0.626. The fraction of sp³-hybridized carbons (Fsp3) is 0.417. The Morgan fingerprint density at radius 2 is 2.00 bits per heavy atom. The number of benzene rings is 1. The first-order valence-electron chi connectivity index (χ1n) is 5.23. The summed E-state index contributed by atoms with van der Waals surface area (Å²) in [6.45, 7) is 6.05. The van der Waals surface area contributed by atoms with E-state index in [1.165, 1.54) is 0 Å². The Bertz CT molecular complexity index is 557. The SMILES string of the molecule is C[S+]([O-])c1c(Cl)ccc2nc(C(C)(C)C)oc12. The van der Waals surface area contributed by atoms with Gasteiger partial charge in [-0.15, -0.1) is 0 Å². The van der Waals surface area contributed by atoms with Gasteiger partial charge in [0.15, 0.2) is 0 Å². The molecule has 0 aliphatic rings. The molecule has 0 radical (unpaired) electrons. The first kappa shape index (κ1) is 12.7. The summed E-state index contributed by atoms with van der Waals surface area (Å²) in [4.78, 5) is 4.93. The molecule has 92 valence electrons. The van der Waals surface area contributed by atoms with Gasteiger partial charge in [-0.3, -0.25) is 0 Å². The number of halogens is 1. The zero-order valence-electron chi connectivity index (χ0n) is 10.2. The quantitative estimate of drug-likeness (QED) is 0.746. The Balaban J connectivity index is 2.73. The molecule has 5 heteroatoms. The van der Waals surface area contributed by atoms with Gasteiger partial charge < -0.3 is 8.97 Å². The van der Waals surface area contributed by atoms with Crippen LogP contribution < -0.4 is 0 Å². The molecule has 0 amide bonds. The average molecular weight is 272 g/mol. The molecule has 2 rings (SSSR count). The van der Waals surface area contributed by atoms with Crippen LogP contribution in [0.1, 0.15) is 26.7 Å². The summed E-state index contributed by atoms with van der Waals surface area (Å²) in [6.07, 6.45) is 1.58. The smallest absolute Gasteiger partial charge is 0.215 e. The fourth-order valence-electron chi connectivity index (χ4n) is 1.53. The van der Waals surface area contributed by atoms with Crippen molar-refractivity contribution in [3.8, 4) is 0 Å². The standard InChI is InChI=1S/C12H14ClNO2S/c1-12(2,3)11-14-8-6-5-7(13)10(17(4)15)9(8)16-11/h5-6H,1-4H3. The Hall–Kier alpha value is -0.710. The van der Waals surface area contributed by atoms with Gasteiger partial charge >= 0.3 is 0 Å². The van der Waals surface area contributed by atoms with Crippen LogP contribution in [0.15, 0.2) is 21.4 Å². The number of nitrogens with zero attached hydrogens (tertiary/aromatic N) is 1. The van der Waals surface area contributed by atoms with Gasteiger partial charge in [-0.25, -0.2) is 4.98 Å². The second-order valence-electron chi connectivity index (χ2n) is 4.95. The van der Waals surface area contributed by atoms with Crippen molar-refractivity contribution in [3.63, 3.8) is 0 Å². The lowest BCUT2D eigenvalue weighted by molar-refractivity contribution is 0.408. The molecule has 0 saturated carbocycles. The van der Waals surface area contributed by atoms with Crippen molar-refractivity contribution in [2.45, 2.75) is 31.1 Å². The van der Waals surface area contributed by atoms with Crippen molar-refractivity contribution >= 4 is 33.9 Å². The van der Waals surface area contributed by atoms with Gasteiger partial charge in [0.05, 0.1) is 5.02 Å². The highest BCUT2D eigenvalue weighted by Crippen LogP contribution is 2.33. The van der Waals surface area contributed by atoms with Crippen LogP contribution in [0.2, 0.25) is 5.02 Å². The molecule has 0 aliphatic heterocycles. The molecule has 0 fully saturated rings. The molecule has 17 heavy (non-hydrogen) atoms. The van der Waals surface area contributed by atoms with Gasteiger partial charge in [0.2, 0.25) is 16.4 Å². The molecule has 1 aromatic heterocycles. The second kappa shape index (κ2) is 4.19. The normalized spacial score (nSPS) is 14.2. The lowest BCUT2D eigenvalue weighted by atomic mass is 9.97. The minimum absolute atomic E-state index is 0.183. The number of rotatable bonds is 1. The number of oxazole rings is 1. The molecular formula is C12H14ClNO2S. The van der Waals surface area contributed by atoms with E-state index in [-0.39, 0.29) is 5.41 Å². The second-order valence-corrected chi connectivity index (χ2v) is 6.67. The topological polar surface area (TPSA) is 49.1 Å². The van der Waals surface area contributed by atoms with E-state index in [1.54, 1.807) is 18.4 Å². The summed E-state index contributed by atoms with van der Waals surface area (Å²) in [5.41, 5.74) is 1.05. The lowest BCUT2D eigenvalue weighted by Gasteiger charge is -2.11. The Labute approximate surface area is 108 Å². The summed E-state index contributed by atoms with van der Waals surface area (Å²) >= 11 is 4.85. The van der Waals surface area contributed by atoms with Crippen molar-refractivity contribution in [1.82, 2.24) is 4.98 Å². The number of hydrogen-bond acceptors (Lipinski definition) is 3. The fourth-order valence-corrected chi connectivity index (χ4v) is 2.76. The zero-order chi connectivity index (χ0) is 12.8. The predicted molar refractivity (Wildman–Crippen MR) is 70.1 cm³/mol. The summed E-state index contributed by atoms with van der Waals surface area (Å²) in [7, 11) is 0. The number of aromatic nitrogens is 1. The Kier molecular flexibility index (Phi) is 3.14. The highest BCUT2D eigenvalue weighted by molar-refractivity contribution is 7.91. The van der Waals surface area contributed by atoms with E-state index in [0.717, 1.165) is 0 Å². The molecule has 0 spiro atoms. The van der Waals surface area contributed by atoms with E-state index in [4.69, 9.17) is 16.0 Å². The Morgan fingerprint density at radius 1 is 1.35 bits per heavy atom. The predicted octanol–water partition coefficient (Wildman–Crippen LogP) is 3.52. The molecular weight excluding hydrogens is 258 g/mol. The van der Waals surface area contributed by atoms with E-state index >= 15 is 0 Å². The maximum Gasteiger partial charge on any atom is 0.215 e. The molecule has 0 N–H and O–H groups in total. The lowest BCUT2D eigenvalue weighted by Crippen LogP contribution is -2.10. The zero-order valence-corrected chi connectivity index (χ0v) is 11.8. The van der Waals surface area contributed by atoms with E-state index in [9.17, 15) is 4.55 Å². The molecule has 0 aliphatic carbocycles. The van der Waals surface area contributed by atoms with Crippen LogP contribution in [0.4, 0.5) is 0 Å². The minimum Gasteiger partial charge on any atom is -0.612 e. The van der Waals surface area contributed by atoms with Crippen molar-refractivity contribution in [3.05, 3.63) is 23.0 Å². The molecule has 3 nitrogen and oxygen atoms in total. The highest BCUT2D eigenvalue weighted by atomic mass is 35.5. The van der Waals surface area contributed by atoms with Gasteiger partial charge in [0.1, 0.15) is 11.8 Å². The summed E-state index contributed by atoms with van der Waals surface area (Å²) < 4.78 is 17.4. The third-order valence-electron chi connectivity index (χ3n) is 2.39. The first-order valence-corrected chi connectivity index (χ1v) is 7.17. The number of hydrogen-bond donors (Lipinski definition) is 0. The van der Waals surface area contributed by atoms with Crippen LogP contribution in [0.25, 0.3) is 11.1 Å².